The molecule has 5 atom stereocenters. The molecule has 29 heavy (non-hydrogen) atoms. The second kappa shape index (κ2) is 11.3. The molecule has 0 aromatic heterocycles. The molecule has 164 valence electrons. The predicted molar refractivity (Wildman–Crippen MR) is 95.3 cm³/mol. The SMILES string of the molecule is CCOC(=O)C[C@@H]1O[C@H](COC(C)=O)[C@@H](OC(C)=O)[C@H](OC(C)=O)[C@H]1NC(C)=O. The first-order valence-electron chi connectivity index (χ1n) is 9.11. The highest BCUT2D eigenvalue weighted by Crippen LogP contribution is 2.29. The zero-order valence-corrected chi connectivity index (χ0v) is 17.1. The molecule has 1 rings (SSSR count). The zero-order valence-electron chi connectivity index (χ0n) is 17.1. The lowest BCUT2D eigenvalue weighted by atomic mass is 9.90. The van der Waals surface area contributed by atoms with Crippen molar-refractivity contribution in [1.82, 2.24) is 5.32 Å². The van der Waals surface area contributed by atoms with Gasteiger partial charge in [-0.15, -0.1) is 0 Å². The Balaban J connectivity index is 3.29. The number of carbonyl (C=O) groups is 5. The first-order chi connectivity index (χ1) is 13.5. The molecule has 0 radical (unpaired) electrons. The van der Waals surface area contributed by atoms with Gasteiger partial charge in [0.1, 0.15) is 12.7 Å². The smallest absolute Gasteiger partial charge is 0.308 e. The molecule has 0 aromatic carbocycles. The van der Waals surface area contributed by atoms with Gasteiger partial charge in [-0.1, -0.05) is 0 Å². The number of carbonyl (C=O) groups excluding carboxylic acids is 5. The van der Waals surface area contributed by atoms with Crippen molar-refractivity contribution in [3.63, 3.8) is 0 Å². The van der Waals surface area contributed by atoms with E-state index in [4.69, 9.17) is 23.7 Å². The van der Waals surface area contributed by atoms with Gasteiger partial charge < -0.3 is 29.0 Å². The molecule has 0 saturated carbocycles. The minimum atomic E-state index is -1.19. The molecule has 1 aliphatic rings. The Hall–Kier alpha value is -2.69. The van der Waals surface area contributed by atoms with Crippen LogP contribution in [0.25, 0.3) is 0 Å². The van der Waals surface area contributed by atoms with Crippen LogP contribution in [0.5, 0.6) is 0 Å². The second-order valence-corrected chi connectivity index (χ2v) is 6.40. The van der Waals surface area contributed by atoms with Crippen LogP contribution in [-0.4, -0.2) is 73.5 Å². The fourth-order valence-electron chi connectivity index (χ4n) is 2.98. The third-order valence-corrected chi connectivity index (χ3v) is 3.89. The standard InChI is InChI=1S/C18H27NO10/c1-6-25-15(24)7-13-16(19-9(2)20)18(28-12(5)23)17(27-11(4)22)14(29-13)8-26-10(3)21/h13-14,16-18H,6-8H2,1-5H3,(H,19,20)/t13-,14+,16-,17+,18+/m0/s1. The highest BCUT2D eigenvalue weighted by Gasteiger charge is 2.51. The minimum absolute atomic E-state index is 0.136. The van der Waals surface area contributed by atoms with Crippen LogP contribution < -0.4 is 5.32 Å². The van der Waals surface area contributed by atoms with E-state index in [9.17, 15) is 24.0 Å². The van der Waals surface area contributed by atoms with Gasteiger partial charge in [-0.3, -0.25) is 24.0 Å². The molecule has 1 aliphatic heterocycles. The van der Waals surface area contributed by atoms with Crippen LogP contribution in [0.1, 0.15) is 41.0 Å². The van der Waals surface area contributed by atoms with Crippen molar-refractivity contribution in [3.8, 4) is 0 Å². The molecule has 0 aromatic rings. The maximum Gasteiger partial charge on any atom is 0.308 e. The molecule has 1 amide bonds. The van der Waals surface area contributed by atoms with Crippen LogP contribution in [0.15, 0.2) is 0 Å². The van der Waals surface area contributed by atoms with Crippen LogP contribution >= 0.6 is 0 Å². The third-order valence-electron chi connectivity index (χ3n) is 3.89. The van der Waals surface area contributed by atoms with Crippen molar-refractivity contribution in [3.05, 3.63) is 0 Å². The molecule has 1 fully saturated rings. The number of hydrogen-bond acceptors (Lipinski definition) is 10. The Labute approximate surface area is 168 Å². The van der Waals surface area contributed by atoms with Crippen molar-refractivity contribution in [2.75, 3.05) is 13.2 Å². The van der Waals surface area contributed by atoms with Crippen molar-refractivity contribution in [1.29, 1.82) is 0 Å². The number of amides is 1. The lowest BCUT2D eigenvalue weighted by Gasteiger charge is -2.45. The van der Waals surface area contributed by atoms with Crippen molar-refractivity contribution >= 4 is 29.8 Å². The lowest BCUT2D eigenvalue weighted by molar-refractivity contribution is -0.225. The van der Waals surface area contributed by atoms with Gasteiger partial charge in [0.2, 0.25) is 5.91 Å². The largest absolute Gasteiger partial charge is 0.466 e. The van der Waals surface area contributed by atoms with Crippen LogP contribution in [0, 0.1) is 0 Å². The summed E-state index contributed by atoms with van der Waals surface area (Å²) in [5.41, 5.74) is 0. The van der Waals surface area contributed by atoms with E-state index in [1.54, 1.807) is 6.92 Å². The summed E-state index contributed by atoms with van der Waals surface area (Å²) in [5.74, 6) is -3.10. The Morgan fingerprint density at radius 2 is 1.41 bits per heavy atom. The average molecular weight is 417 g/mol. The molecule has 1 saturated heterocycles. The normalized spacial score (nSPS) is 26.0. The van der Waals surface area contributed by atoms with Crippen molar-refractivity contribution in [2.24, 2.45) is 0 Å². The summed E-state index contributed by atoms with van der Waals surface area (Å²) in [6, 6.07) is -1.02. The number of rotatable bonds is 8. The maximum absolute atomic E-state index is 12.0. The summed E-state index contributed by atoms with van der Waals surface area (Å²) >= 11 is 0. The number of hydrogen-bond donors (Lipinski definition) is 1. The monoisotopic (exact) mass is 417 g/mol. The van der Waals surface area contributed by atoms with Gasteiger partial charge in [0.15, 0.2) is 12.2 Å². The van der Waals surface area contributed by atoms with E-state index in [0.29, 0.717) is 0 Å². The topological polar surface area (TPSA) is 144 Å². The summed E-state index contributed by atoms with van der Waals surface area (Å²) in [5, 5.41) is 2.58. The highest BCUT2D eigenvalue weighted by molar-refractivity contribution is 5.74. The van der Waals surface area contributed by atoms with E-state index in [1.165, 1.54) is 13.8 Å². The molecule has 1 N–H and O–H groups in total. The van der Waals surface area contributed by atoms with Gasteiger partial charge in [-0.05, 0) is 6.92 Å². The van der Waals surface area contributed by atoms with Gasteiger partial charge in [0.25, 0.3) is 0 Å². The predicted octanol–water partition coefficient (Wildman–Crippen LogP) is -0.362. The molecule has 0 unspecified atom stereocenters. The summed E-state index contributed by atoms with van der Waals surface area (Å²) in [6.07, 6.45) is -4.69. The van der Waals surface area contributed by atoms with E-state index in [1.807, 2.05) is 0 Å². The van der Waals surface area contributed by atoms with Gasteiger partial charge in [-0.2, -0.15) is 0 Å². The Morgan fingerprint density at radius 1 is 0.828 bits per heavy atom. The first kappa shape index (κ1) is 24.3. The molecule has 1 heterocycles. The Bertz CT molecular complexity index is 634. The minimum Gasteiger partial charge on any atom is -0.466 e. The molecule has 0 bridgehead atoms. The molecule has 0 aliphatic carbocycles. The number of nitrogens with one attached hydrogen (secondary N) is 1. The van der Waals surface area contributed by atoms with Gasteiger partial charge in [0, 0.05) is 27.7 Å². The van der Waals surface area contributed by atoms with Gasteiger partial charge >= 0.3 is 23.9 Å². The van der Waals surface area contributed by atoms with Crippen LogP contribution in [-0.2, 0) is 47.7 Å². The maximum atomic E-state index is 12.0. The quantitative estimate of drug-likeness (QED) is 0.410. The molecule has 11 heteroatoms. The van der Waals surface area contributed by atoms with E-state index in [0.717, 1.165) is 13.8 Å². The average Bonchev–Trinajstić information content (AvgIpc) is 2.57. The van der Waals surface area contributed by atoms with Crippen LogP contribution in [0.2, 0.25) is 0 Å². The summed E-state index contributed by atoms with van der Waals surface area (Å²) in [7, 11) is 0. The number of ether oxygens (including phenoxy) is 5. The Kier molecular flexibility index (Phi) is 9.53. The molecular formula is C18H27NO10. The van der Waals surface area contributed by atoms with E-state index in [-0.39, 0.29) is 19.6 Å². The fraction of sp³-hybridized carbons (Fsp3) is 0.722. The van der Waals surface area contributed by atoms with E-state index < -0.39 is 60.2 Å². The number of esters is 4. The highest BCUT2D eigenvalue weighted by atomic mass is 16.6. The fourth-order valence-corrected chi connectivity index (χ4v) is 2.98. The first-order valence-corrected chi connectivity index (χ1v) is 9.11. The molecular weight excluding hydrogens is 390 g/mol. The second-order valence-electron chi connectivity index (χ2n) is 6.40. The summed E-state index contributed by atoms with van der Waals surface area (Å²) in [4.78, 5) is 58.3. The molecule has 0 spiro atoms. The molecule has 11 nitrogen and oxygen atoms in total. The van der Waals surface area contributed by atoms with Crippen LogP contribution in [0.3, 0.4) is 0 Å². The lowest BCUT2D eigenvalue weighted by Crippen LogP contribution is -2.66. The van der Waals surface area contributed by atoms with E-state index >= 15 is 0 Å². The van der Waals surface area contributed by atoms with Gasteiger partial charge in [0.05, 0.1) is 25.2 Å². The van der Waals surface area contributed by atoms with Gasteiger partial charge in [-0.25, -0.2) is 0 Å². The van der Waals surface area contributed by atoms with Crippen LogP contribution in [0.4, 0.5) is 0 Å². The van der Waals surface area contributed by atoms with E-state index in [2.05, 4.69) is 5.32 Å². The van der Waals surface area contributed by atoms with Crippen molar-refractivity contribution < 1.29 is 47.7 Å². The zero-order chi connectivity index (χ0) is 22.1. The Morgan fingerprint density at radius 3 is 1.90 bits per heavy atom. The third kappa shape index (κ3) is 8.06. The summed E-state index contributed by atoms with van der Waals surface area (Å²) < 4.78 is 26.3. The van der Waals surface area contributed by atoms with Crippen molar-refractivity contribution in [2.45, 2.75) is 71.5 Å². The summed E-state index contributed by atoms with van der Waals surface area (Å²) in [6.45, 7) is 6.15.